The molecular weight excluding hydrogens is 419 g/mol. The molecule has 4 rings (SSSR count). The smallest absolute Gasteiger partial charge is 0.416 e. The molecule has 1 amide bonds. The van der Waals surface area contributed by atoms with Crippen molar-refractivity contribution in [1.29, 1.82) is 0 Å². The van der Waals surface area contributed by atoms with Crippen LogP contribution in [0.25, 0.3) is 10.8 Å². The van der Waals surface area contributed by atoms with Crippen LogP contribution in [0.2, 0.25) is 0 Å². The Morgan fingerprint density at radius 2 is 1.72 bits per heavy atom. The third kappa shape index (κ3) is 4.46. The first-order chi connectivity index (χ1) is 15.4. The Labute approximate surface area is 182 Å². The number of hydrogen-bond acceptors (Lipinski definition) is 3. The summed E-state index contributed by atoms with van der Waals surface area (Å²) in [7, 11) is 1.59. The molecule has 0 spiro atoms. The van der Waals surface area contributed by atoms with Crippen LogP contribution in [-0.4, -0.2) is 17.9 Å². The molecule has 0 aliphatic rings. The summed E-state index contributed by atoms with van der Waals surface area (Å²) >= 11 is 0. The number of benzene rings is 3. The Bertz CT molecular complexity index is 1230. The van der Waals surface area contributed by atoms with Crippen molar-refractivity contribution >= 4 is 16.7 Å². The zero-order valence-corrected chi connectivity index (χ0v) is 17.2. The van der Waals surface area contributed by atoms with Gasteiger partial charge in [-0.25, -0.2) is 0 Å². The number of furan rings is 1. The Hall–Kier alpha value is -3.74. The summed E-state index contributed by atoms with van der Waals surface area (Å²) in [5.41, 5.74) is -0.0614. The number of alkyl halides is 3. The van der Waals surface area contributed by atoms with E-state index in [2.05, 4.69) is 0 Å². The number of carbonyl (C=O) groups is 1. The third-order valence-corrected chi connectivity index (χ3v) is 5.21. The minimum absolute atomic E-state index is 0.0378. The van der Waals surface area contributed by atoms with Crippen molar-refractivity contribution in [3.8, 4) is 5.75 Å². The van der Waals surface area contributed by atoms with E-state index >= 15 is 0 Å². The Balaban J connectivity index is 1.73. The molecule has 164 valence electrons. The lowest BCUT2D eigenvalue weighted by molar-refractivity contribution is -0.137. The number of nitrogens with zero attached hydrogens (tertiary/aromatic N) is 1. The molecule has 0 saturated heterocycles. The van der Waals surface area contributed by atoms with E-state index in [4.69, 9.17) is 9.15 Å². The predicted molar refractivity (Wildman–Crippen MR) is 114 cm³/mol. The first kappa shape index (κ1) is 21.5. The summed E-state index contributed by atoms with van der Waals surface area (Å²) in [6.07, 6.45) is -3.04. The minimum Gasteiger partial charge on any atom is -0.496 e. The van der Waals surface area contributed by atoms with Gasteiger partial charge in [0.1, 0.15) is 11.5 Å². The molecule has 0 N–H and O–H groups in total. The van der Waals surface area contributed by atoms with Gasteiger partial charge in [0.25, 0.3) is 5.91 Å². The van der Waals surface area contributed by atoms with Gasteiger partial charge in [-0.1, -0.05) is 36.4 Å². The van der Waals surface area contributed by atoms with Crippen molar-refractivity contribution in [3.05, 3.63) is 102 Å². The second-order valence-corrected chi connectivity index (χ2v) is 7.29. The Morgan fingerprint density at radius 1 is 0.938 bits per heavy atom. The normalized spacial score (nSPS) is 11.5. The topological polar surface area (TPSA) is 42.7 Å². The van der Waals surface area contributed by atoms with Gasteiger partial charge in [0.15, 0.2) is 0 Å². The molecular formula is C25H20F3NO3. The quantitative estimate of drug-likeness (QED) is 0.354. The summed E-state index contributed by atoms with van der Waals surface area (Å²) in [6.45, 7) is 0.294. The summed E-state index contributed by atoms with van der Waals surface area (Å²) in [6, 6.07) is 19.2. The van der Waals surface area contributed by atoms with Crippen LogP contribution in [0.1, 0.15) is 27.2 Å². The summed E-state index contributed by atoms with van der Waals surface area (Å²) in [5, 5.41) is 1.78. The fraction of sp³-hybridized carbons (Fsp3) is 0.160. The number of ether oxygens (including phenoxy) is 1. The first-order valence-corrected chi connectivity index (χ1v) is 9.90. The van der Waals surface area contributed by atoms with E-state index < -0.39 is 17.6 Å². The van der Waals surface area contributed by atoms with Gasteiger partial charge in [-0.05, 0) is 47.3 Å². The van der Waals surface area contributed by atoms with Crippen LogP contribution >= 0.6 is 0 Å². The van der Waals surface area contributed by atoms with Gasteiger partial charge in [-0.15, -0.1) is 0 Å². The standard InChI is InChI=1S/C25H20F3NO3/c1-31-23-12-11-18(21-9-2-3-10-22(21)23)15-29(16-20-8-5-13-32-20)24(30)17-6-4-7-19(14-17)25(26,27)28/h2-14H,15-16H2,1H3. The number of methoxy groups -OCH3 is 1. The molecule has 0 atom stereocenters. The number of halogens is 3. The molecule has 7 heteroatoms. The zero-order chi connectivity index (χ0) is 22.7. The molecule has 0 radical (unpaired) electrons. The fourth-order valence-corrected chi connectivity index (χ4v) is 3.66. The number of fused-ring (bicyclic) bond motifs is 1. The van der Waals surface area contributed by atoms with Crippen molar-refractivity contribution in [2.75, 3.05) is 7.11 Å². The number of amides is 1. The molecule has 0 fully saturated rings. The van der Waals surface area contributed by atoms with E-state index in [1.807, 2.05) is 36.4 Å². The minimum atomic E-state index is -4.53. The van der Waals surface area contributed by atoms with Gasteiger partial charge in [-0.3, -0.25) is 4.79 Å². The fourth-order valence-electron chi connectivity index (χ4n) is 3.66. The number of hydrogen-bond donors (Lipinski definition) is 0. The highest BCUT2D eigenvalue weighted by atomic mass is 19.4. The maximum absolute atomic E-state index is 13.3. The SMILES string of the molecule is COc1ccc(CN(Cc2ccco2)C(=O)c2cccc(C(F)(F)F)c2)c2ccccc12. The van der Waals surface area contributed by atoms with Gasteiger partial charge in [-0.2, -0.15) is 13.2 Å². The molecule has 32 heavy (non-hydrogen) atoms. The Morgan fingerprint density at radius 3 is 2.41 bits per heavy atom. The van der Waals surface area contributed by atoms with Crippen LogP contribution in [-0.2, 0) is 19.3 Å². The highest BCUT2D eigenvalue weighted by Crippen LogP contribution is 2.31. The van der Waals surface area contributed by atoms with Crippen molar-refractivity contribution < 1.29 is 27.1 Å². The lowest BCUT2D eigenvalue weighted by atomic mass is 10.0. The highest BCUT2D eigenvalue weighted by molar-refractivity contribution is 5.95. The van der Waals surface area contributed by atoms with Gasteiger partial charge < -0.3 is 14.1 Å². The van der Waals surface area contributed by atoms with Crippen molar-refractivity contribution in [2.45, 2.75) is 19.3 Å². The molecule has 0 aliphatic heterocycles. The molecule has 4 aromatic rings. The van der Waals surface area contributed by atoms with E-state index in [0.29, 0.717) is 11.5 Å². The summed E-state index contributed by atoms with van der Waals surface area (Å²) < 4.78 is 50.4. The molecule has 3 aromatic carbocycles. The first-order valence-electron chi connectivity index (χ1n) is 9.90. The Kier molecular flexibility index (Phi) is 5.90. The van der Waals surface area contributed by atoms with E-state index in [1.54, 1.807) is 19.2 Å². The van der Waals surface area contributed by atoms with Gasteiger partial charge in [0.05, 0.1) is 25.5 Å². The maximum Gasteiger partial charge on any atom is 0.416 e. The van der Waals surface area contributed by atoms with Crippen LogP contribution in [0.5, 0.6) is 5.75 Å². The van der Waals surface area contributed by atoms with Crippen molar-refractivity contribution in [1.82, 2.24) is 4.90 Å². The van der Waals surface area contributed by atoms with Gasteiger partial charge >= 0.3 is 6.18 Å². The lowest BCUT2D eigenvalue weighted by Gasteiger charge is -2.23. The van der Waals surface area contributed by atoms with Gasteiger partial charge in [0.2, 0.25) is 0 Å². The average Bonchev–Trinajstić information content (AvgIpc) is 3.31. The van der Waals surface area contributed by atoms with Crippen LogP contribution in [0.3, 0.4) is 0 Å². The maximum atomic E-state index is 13.3. The molecule has 0 bridgehead atoms. The van der Waals surface area contributed by atoms with E-state index in [9.17, 15) is 18.0 Å². The number of carbonyl (C=O) groups excluding carboxylic acids is 1. The van der Waals surface area contributed by atoms with Crippen LogP contribution in [0.15, 0.2) is 83.5 Å². The monoisotopic (exact) mass is 439 g/mol. The van der Waals surface area contributed by atoms with Crippen molar-refractivity contribution in [3.63, 3.8) is 0 Å². The van der Waals surface area contributed by atoms with E-state index in [-0.39, 0.29) is 18.7 Å². The molecule has 0 unspecified atom stereocenters. The largest absolute Gasteiger partial charge is 0.496 e. The molecule has 1 aromatic heterocycles. The van der Waals surface area contributed by atoms with Crippen LogP contribution in [0, 0.1) is 0 Å². The summed E-state index contributed by atoms with van der Waals surface area (Å²) in [5.74, 6) is 0.710. The second-order valence-electron chi connectivity index (χ2n) is 7.29. The third-order valence-electron chi connectivity index (χ3n) is 5.21. The zero-order valence-electron chi connectivity index (χ0n) is 17.2. The molecule has 4 nitrogen and oxygen atoms in total. The predicted octanol–water partition coefficient (Wildman–Crippen LogP) is 6.30. The lowest BCUT2D eigenvalue weighted by Crippen LogP contribution is -2.30. The molecule has 1 heterocycles. The molecule has 0 saturated carbocycles. The molecule has 0 aliphatic carbocycles. The highest BCUT2D eigenvalue weighted by Gasteiger charge is 2.31. The van der Waals surface area contributed by atoms with Crippen LogP contribution < -0.4 is 4.74 Å². The van der Waals surface area contributed by atoms with E-state index in [1.165, 1.54) is 23.3 Å². The van der Waals surface area contributed by atoms with E-state index in [0.717, 1.165) is 28.5 Å². The average molecular weight is 439 g/mol. The summed E-state index contributed by atoms with van der Waals surface area (Å²) in [4.78, 5) is 14.8. The second kappa shape index (κ2) is 8.78. The number of rotatable bonds is 6. The van der Waals surface area contributed by atoms with Crippen molar-refractivity contribution in [2.24, 2.45) is 0 Å². The van der Waals surface area contributed by atoms with Gasteiger partial charge in [0, 0.05) is 17.5 Å². The van der Waals surface area contributed by atoms with Crippen LogP contribution in [0.4, 0.5) is 13.2 Å².